The van der Waals surface area contributed by atoms with Crippen LogP contribution in [0, 0.1) is 6.92 Å². The highest BCUT2D eigenvalue weighted by atomic mass is 16.6. The summed E-state index contributed by atoms with van der Waals surface area (Å²) < 4.78 is 12.4. The highest BCUT2D eigenvalue weighted by molar-refractivity contribution is 5.85. The minimum absolute atomic E-state index is 0.156. The summed E-state index contributed by atoms with van der Waals surface area (Å²) in [6.45, 7) is 1.90. The molecule has 0 radical (unpaired) electrons. The normalized spacial score (nSPS) is 24.7. The molecule has 0 aliphatic carbocycles. The molecule has 3 heterocycles. The second-order valence-electron chi connectivity index (χ2n) is 6.62. The van der Waals surface area contributed by atoms with Crippen molar-refractivity contribution in [1.29, 1.82) is 0 Å². The van der Waals surface area contributed by atoms with Gasteiger partial charge < -0.3 is 30.1 Å². The quantitative estimate of drug-likeness (QED) is 0.470. The van der Waals surface area contributed by atoms with E-state index in [4.69, 9.17) is 9.47 Å². The number of ether oxygens (including phenoxy) is 2. The van der Waals surface area contributed by atoms with Crippen molar-refractivity contribution in [2.45, 2.75) is 31.5 Å². The Labute approximate surface area is 160 Å². The molecule has 0 bridgehead atoms. The summed E-state index contributed by atoms with van der Waals surface area (Å²) >= 11 is 0. The Bertz CT molecular complexity index is 976. The van der Waals surface area contributed by atoms with Crippen molar-refractivity contribution in [3.63, 3.8) is 0 Å². The molecule has 1 aliphatic rings. The summed E-state index contributed by atoms with van der Waals surface area (Å²) in [5.41, 5.74) is 1.67. The van der Waals surface area contributed by atoms with Gasteiger partial charge in [0.2, 0.25) is 0 Å². The van der Waals surface area contributed by atoms with Gasteiger partial charge in [0.1, 0.15) is 29.9 Å². The number of nitrogens with zero attached hydrogens (tertiary/aromatic N) is 4. The Morgan fingerprint density at radius 2 is 1.93 bits per heavy atom. The van der Waals surface area contributed by atoms with Gasteiger partial charge in [-0.15, -0.1) is 0 Å². The van der Waals surface area contributed by atoms with Crippen LogP contribution in [0.2, 0.25) is 0 Å². The molecule has 2 aromatic heterocycles. The first-order valence-corrected chi connectivity index (χ1v) is 8.75. The lowest BCUT2D eigenvalue weighted by atomic mass is 10.1. The van der Waals surface area contributed by atoms with E-state index in [-0.39, 0.29) is 12.4 Å². The number of methoxy groups -OCH3 is 1. The number of hydrogen-bond acceptors (Lipinski definition) is 9. The van der Waals surface area contributed by atoms with Gasteiger partial charge in [-0.3, -0.25) is 4.57 Å². The molecule has 28 heavy (non-hydrogen) atoms. The van der Waals surface area contributed by atoms with E-state index in [9.17, 15) is 15.3 Å². The van der Waals surface area contributed by atoms with Crippen LogP contribution >= 0.6 is 0 Å². The Kier molecular flexibility index (Phi) is 4.85. The van der Waals surface area contributed by atoms with Gasteiger partial charge >= 0.3 is 0 Å². The molecular formula is C18H21N5O5. The van der Waals surface area contributed by atoms with Crippen LogP contribution in [-0.4, -0.2) is 66.9 Å². The molecule has 4 atom stereocenters. The lowest BCUT2D eigenvalue weighted by Crippen LogP contribution is -2.33. The number of aromatic nitrogens is 4. The number of aryl methyl sites for hydroxylation is 1. The Morgan fingerprint density at radius 1 is 1.18 bits per heavy atom. The number of benzene rings is 1. The second kappa shape index (κ2) is 7.32. The van der Waals surface area contributed by atoms with Crippen LogP contribution in [0.1, 0.15) is 12.1 Å². The summed E-state index contributed by atoms with van der Waals surface area (Å²) in [6.07, 6.45) is -2.24. The number of hydrogen-bond donors (Lipinski definition) is 4. The molecule has 10 heteroatoms. The third-order valence-electron chi connectivity index (χ3n) is 4.61. The van der Waals surface area contributed by atoms with Gasteiger partial charge in [0.05, 0.1) is 12.9 Å². The molecule has 4 rings (SSSR count). The second-order valence-corrected chi connectivity index (χ2v) is 6.62. The van der Waals surface area contributed by atoms with Crippen molar-refractivity contribution in [2.24, 2.45) is 0 Å². The average Bonchev–Trinajstić information content (AvgIpc) is 3.20. The van der Waals surface area contributed by atoms with E-state index in [1.165, 1.54) is 13.4 Å². The van der Waals surface area contributed by atoms with E-state index in [2.05, 4.69) is 20.3 Å². The number of aromatic hydroxyl groups is 1. The summed E-state index contributed by atoms with van der Waals surface area (Å²) in [4.78, 5) is 13.2. The first kappa shape index (κ1) is 18.6. The topological polar surface area (TPSA) is 135 Å². The number of phenols is 1. The van der Waals surface area contributed by atoms with E-state index < -0.39 is 24.5 Å². The Hall–Kier alpha value is -2.79. The summed E-state index contributed by atoms with van der Waals surface area (Å²) in [6, 6.07) is 6.55. The molecule has 1 aliphatic heterocycles. The number of nitrogens with one attached hydrogen (secondary N) is 1. The van der Waals surface area contributed by atoms with Gasteiger partial charge in [-0.25, -0.2) is 15.0 Å². The summed E-state index contributed by atoms with van der Waals surface area (Å²) in [7, 11) is 1.50. The van der Waals surface area contributed by atoms with Gasteiger partial charge in [-0.2, -0.15) is 0 Å². The number of phenolic OH excluding ortho intramolecular Hbond substituents is 1. The van der Waals surface area contributed by atoms with Gasteiger partial charge in [0.15, 0.2) is 23.2 Å². The highest BCUT2D eigenvalue weighted by Crippen LogP contribution is 2.33. The van der Waals surface area contributed by atoms with Gasteiger partial charge in [-0.05, 0) is 31.2 Å². The van der Waals surface area contributed by atoms with Crippen molar-refractivity contribution in [3.05, 3.63) is 36.4 Å². The van der Waals surface area contributed by atoms with Crippen LogP contribution in [-0.2, 0) is 9.47 Å². The maximum absolute atomic E-state index is 10.4. The van der Waals surface area contributed by atoms with E-state index in [0.29, 0.717) is 22.8 Å². The van der Waals surface area contributed by atoms with Crippen molar-refractivity contribution in [2.75, 3.05) is 19.0 Å². The maximum Gasteiger partial charge on any atom is 0.167 e. The minimum atomic E-state index is -1.15. The summed E-state index contributed by atoms with van der Waals surface area (Å²) in [5, 5.41) is 33.2. The predicted molar refractivity (Wildman–Crippen MR) is 99.2 cm³/mol. The fraction of sp³-hybridized carbons (Fsp3) is 0.389. The zero-order chi connectivity index (χ0) is 19.8. The van der Waals surface area contributed by atoms with Crippen LogP contribution in [0.5, 0.6) is 5.75 Å². The molecule has 1 aromatic carbocycles. The number of imidazole rings is 1. The number of aliphatic hydroxyl groups is 2. The maximum atomic E-state index is 10.4. The van der Waals surface area contributed by atoms with E-state index >= 15 is 0 Å². The van der Waals surface area contributed by atoms with Crippen molar-refractivity contribution >= 4 is 22.7 Å². The van der Waals surface area contributed by atoms with E-state index in [1.54, 1.807) is 35.8 Å². The van der Waals surface area contributed by atoms with Gasteiger partial charge in [0, 0.05) is 12.8 Å². The van der Waals surface area contributed by atoms with Crippen LogP contribution < -0.4 is 5.32 Å². The largest absolute Gasteiger partial charge is 0.508 e. The van der Waals surface area contributed by atoms with Crippen molar-refractivity contribution in [3.8, 4) is 5.75 Å². The zero-order valence-corrected chi connectivity index (χ0v) is 15.4. The SMILES string of the molecule is COCC1OC(n2cnc3c(Nc4ccc(O)cc4)nc(C)nc32)C(O)C1O. The van der Waals surface area contributed by atoms with Crippen LogP contribution in [0.4, 0.5) is 11.5 Å². The van der Waals surface area contributed by atoms with E-state index in [0.717, 1.165) is 5.69 Å². The number of anilines is 2. The molecule has 0 saturated carbocycles. The fourth-order valence-electron chi connectivity index (χ4n) is 3.24. The van der Waals surface area contributed by atoms with Gasteiger partial charge in [-0.1, -0.05) is 0 Å². The fourth-order valence-corrected chi connectivity index (χ4v) is 3.24. The number of rotatable bonds is 5. The molecule has 10 nitrogen and oxygen atoms in total. The third kappa shape index (κ3) is 3.27. The summed E-state index contributed by atoms with van der Waals surface area (Å²) in [5.74, 6) is 1.14. The molecule has 0 spiro atoms. The Balaban J connectivity index is 1.70. The minimum Gasteiger partial charge on any atom is -0.508 e. The smallest absolute Gasteiger partial charge is 0.167 e. The lowest BCUT2D eigenvalue weighted by molar-refractivity contribution is -0.0580. The monoisotopic (exact) mass is 387 g/mol. The van der Waals surface area contributed by atoms with E-state index in [1.807, 2.05) is 0 Å². The molecule has 0 amide bonds. The average molecular weight is 387 g/mol. The highest BCUT2D eigenvalue weighted by Gasteiger charge is 2.44. The van der Waals surface area contributed by atoms with Crippen LogP contribution in [0.3, 0.4) is 0 Å². The van der Waals surface area contributed by atoms with Crippen LogP contribution in [0.15, 0.2) is 30.6 Å². The Morgan fingerprint density at radius 3 is 2.64 bits per heavy atom. The molecule has 3 aromatic rings. The molecule has 4 N–H and O–H groups in total. The van der Waals surface area contributed by atoms with Crippen molar-refractivity contribution in [1.82, 2.24) is 19.5 Å². The number of fused-ring (bicyclic) bond motifs is 1. The van der Waals surface area contributed by atoms with Gasteiger partial charge in [0.25, 0.3) is 0 Å². The van der Waals surface area contributed by atoms with Crippen molar-refractivity contribution < 1.29 is 24.8 Å². The lowest BCUT2D eigenvalue weighted by Gasteiger charge is -2.17. The number of aliphatic hydroxyl groups excluding tert-OH is 2. The molecule has 4 unspecified atom stereocenters. The first-order valence-electron chi connectivity index (χ1n) is 8.75. The molecule has 1 saturated heterocycles. The zero-order valence-electron chi connectivity index (χ0n) is 15.4. The molecule has 1 fully saturated rings. The standard InChI is InChI=1S/C18H21N5O5/c1-9-20-16(22-10-3-5-11(24)6-4-10)13-17(21-9)23(8-19-13)18-15(26)14(25)12(28-18)7-27-2/h3-6,8,12,14-15,18,24-26H,7H2,1-2H3,(H,20,21,22). The first-order chi connectivity index (χ1) is 13.5. The van der Waals surface area contributed by atoms with Crippen LogP contribution in [0.25, 0.3) is 11.2 Å². The molecule has 148 valence electrons. The third-order valence-corrected chi connectivity index (χ3v) is 4.61. The predicted octanol–water partition coefficient (Wildman–Crippen LogP) is 0.850. The molecular weight excluding hydrogens is 366 g/mol.